The number of hydrogen-bond donors (Lipinski definition) is 2. The van der Waals surface area contributed by atoms with Crippen LogP contribution in [0.3, 0.4) is 0 Å². The zero-order chi connectivity index (χ0) is 14.3. The van der Waals surface area contributed by atoms with Gasteiger partial charge in [-0.05, 0) is 49.8 Å². The molecule has 0 radical (unpaired) electrons. The van der Waals surface area contributed by atoms with Gasteiger partial charge in [-0.15, -0.1) is 0 Å². The fourth-order valence-electron chi connectivity index (χ4n) is 1.62. The normalized spacial score (nSPS) is 11.8. The van der Waals surface area contributed by atoms with Crippen molar-refractivity contribution in [1.82, 2.24) is 10.6 Å². The van der Waals surface area contributed by atoms with Crippen molar-refractivity contribution in [3.05, 3.63) is 33.8 Å². The highest BCUT2D eigenvalue weighted by Gasteiger charge is 2.30. The second-order valence-corrected chi connectivity index (χ2v) is 5.04. The number of alkyl halides is 3. The molecule has 0 saturated heterocycles. The summed E-state index contributed by atoms with van der Waals surface area (Å²) in [6.07, 6.45) is -3.34. The van der Waals surface area contributed by atoms with E-state index in [1.165, 1.54) is 12.1 Å². The molecular weight excluding hydrogens is 321 g/mol. The molecule has 0 aliphatic carbocycles. The van der Waals surface area contributed by atoms with Crippen molar-refractivity contribution in [3.8, 4) is 0 Å². The Morgan fingerprint density at radius 3 is 2.47 bits per heavy atom. The first-order chi connectivity index (χ1) is 8.95. The maximum absolute atomic E-state index is 12.6. The highest BCUT2D eigenvalue weighted by molar-refractivity contribution is 9.10. The molecule has 108 valence electrons. The van der Waals surface area contributed by atoms with E-state index in [0.717, 1.165) is 32.1 Å². The Morgan fingerprint density at radius 2 is 1.84 bits per heavy atom. The first-order valence-corrected chi connectivity index (χ1v) is 7.01. The molecule has 6 heteroatoms. The van der Waals surface area contributed by atoms with E-state index in [1.54, 1.807) is 0 Å². The molecule has 0 heterocycles. The zero-order valence-corrected chi connectivity index (χ0v) is 12.4. The standard InChI is InChI=1S/C13H18BrF3N2/c1-2-18-6-3-7-19-9-10-8-11(13(15,16)17)4-5-12(10)14/h4-5,8,18-19H,2-3,6-7,9H2,1H3. The van der Waals surface area contributed by atoms with Crippen LogP contribution in [0.2, 0.25) is 0 Å². The summed E-state index contributed by atoms with van der Waals surface area (Å²) in [5, 5.41) is 6.33. The van der Waals surface area contributed by atoms with Gasteiger partial charge < -0.3 is 10.6 Å². The lowest BCUT2D eigenvalue weighted by atomic mass is 10.1. The Hall–Kier alpha value is -0.590. The highest BCUT2D eigenvalue weighted by Crippen LogP contribution is 2.31. The van der Waals surface area contributed by atoms with Gasteiger partial charge in [-0.3, -0.25) is 0 Å². The molecule has 0 atom stereocenters. The van der Waals surface area contributed by atoms with Gasteiger partial charge in [0.2, 0.25) is 0 Å². The van der Waals surface area contributed by atoms with Crippen LogP contribution in [0, 0.1) is 0 Å². The number of rotatable bonds is 7. The first kappa shape index (κ1) is 16.5. The molecule has 0 aromatic heterocycles. The van der Waals surface area contributed by atoms with Crippen LogP contribution in [0.5, 0.6) is 0 Å². The van der Waals surface area contributed by atoms with Crippen molar-refractivity contribution in [2.75, 3.05) is 19.6 Å². The molecule has 1 rings (SSSR count). The number of benzene rings is 1. The lowest BCUT2D eigenvalue weighted by Gasteiger charge is -2.11. The van der Waals surface area contributed by atoms with Gasteiger partial charge >= 0.3 is 6.18 Å². The summed E-state index contributed by atoms with van der Waals surface area (Å²) < 4.78 is 38.4. The minimum Gasteiger partial charge on any atom is -0.317 e. The average molecular weight is 339 g/mol. The molecule has 0 unspecified atom stereocenters. The van der Waals surface area contributed by atoms with E-state index in [-0.39, 0.29) is 0 Å². The Kier molecular flexibility index (Phi) is 6.82. The average Bonchev–Trinajstić information content (AvgIpc) is 2.34. The molecule has 1 aromatic rings. The largest absolute Gasteiger partial charge is 0.416 e. The topological polar surface area (TPSA) is 24.1 Å². The van der Waals surface area contributed by atoms with E-state index in [4.69, 9.17) is 0 Å². The molecule has 0 fully saturated rings. The summed E-state index contributed by atoms with van der Waals surface area (Å²) in [5.74, 6) is 0. The van der Waals surface area contributed by atoms with Crippen LogP contribution in [-0.4, -0.2) is 19.6 Å². The van der Waals surface area contributed by atoms with Crippen molar-refractivity contribution in [1.29, 1.82) is 0 Å². The van der Waals surface area contributed by atoms with Gasteiger partial charge in [-0.2, -0.15) is 13.2 Å². The van der Waals surface area contributed by atoms with E-state index in [1.807, 2.05) is 6.92 Å². The van der Waals surface area contributed by atoms with E-state index in [9.17, 15) is 13.2 Å². The van der Waals surface area contributed by atoms with E-state index in [0.29, 0.717) is 16.6 Å². The van der Waals surface area contributed by atoms with Gasteiger partial charge in [-0.25, -0.2) is 0 Å². The van der Waals surface area contributed by atoms with Crippen LogP contribution < -0.4 is 10.6 Å². The van der Waals surface area contributed by atoms with E-state index in [2.05, 4.69) is 26.6 Å². The van der Waals surface area contributed by atoms with Crippen molar-refractivity contribution in [2.45, 2.75) is 26.1 Å². The third-order valence-corrected chi connectivity index (χ3v) is 3.42. The molecular formula is C13H18BrF3N2. The summed E-state index contributed by atoms with van der Waals surface area (Å²) in [4.78, 5) is 0. The third kappa shape index (κ3) is 5.93. The highest BCUT2D eigenvalue weighted by atomic mass is 79.9. The maximum atomic E-state index is 12.6. The van der Waals surface area contributed by atoms with Crippen molar-refractivity contribution in [3.63, 3.8) is 0 Å². The predicted molar refractivity (Wildman–Crippen MR) is 74.0 cm³/mol. The summed E-state index contributed by atoms with van der Waals surface area (Å²) in [7, 11) is 0. The molecule has 0 bridgehead atoms. The van der Waals surface area contributed by atoms with E-state index >= 15 is 0 Å². The smallest absolute Gasteiger partial charge is 0.317 e. The fourth-order valence-corrected chi connectivity index (χ4v) is 2.01. The monoisotopic (exact) mass is 338 g/mol. The minimum absolute atomic E-state index is 0.427. The summed E-state index contributed by atoms with van der Waals surface area (Å²) in [5.41, 5.74) is 0.0124. The molecule has 0 aliphatic heterocycles. The third-order valence-electron chi connectivity index (χ3n) is 2.65. The van der Waals surface area contributed by atoms with Crippen LogP contribution in [0.4, 0.5) is 13.2 Å². The Labute approximate surface area is 119 Å². The lowest BCUT2D eigenvalue weighted by Crippen LogP contribution is -2.21. The quantitative estimate of drug-likeness (QED) is 0.743. The molecule has 1 aromatic carbocycles. The molecule has 0 spiro atoms. The minimum atomic E-state index is -4.29. The summed E-state index contributed by atoms with van der Waals surface area (Å²) in [6.45, 7) is 5.08. The number of hydrogen-bond acceptors (Lipinski definition) is 2. The van der Waals surface area contributed by atoms with Gasteiger partial charge in [0, 0.05) is 11.0 Å². The number of halogens is 4. The van der Waals surface area contributed by atoms with Crippen LogP contribution in [0.15, 0.2) is 22.7 Å². The molecule has 2 nitrogen and oxygen atoms in total. The Morgan fingerprint density at radius 1 is 1.16 bits per heavy atom. The van der Waals surface area contributed by atoms with Gasteiger partial charge in [0.25, 0.3) is 0 Å². The molecule has 0 saturated carbocycles. The maximum Gasteiger partial charge on any atom is 0.416 e. The van der Waals surface area contributed by atoms with Gasteiger partial charge in [0.15, 0.2) is 0 Å². The van der Waals surface area contributed by atoms with Crippen LogP contribution >= 0.6 is 15.9 Å². The van der Waals surface area contributed by atoms with Gasteiger partial charge in [0.05, 0.1) is 5.56 Å². The van der Waals surface area contributed by atoms with Crippen molar-refractivity contribution in [2.24, 2.45) is 0 Å². The second kappa shape index (κ2) is 7.87. The Balaban J connectivity index is 2.49. The summed E-state index contributed by atoms with van der Waals surface area (Å²) in [6, 6.07) is 3.71. The van der Waals surface area contributed by atoms with Crippen molar-refractivity contribution >= 4 is 15.9 Å². The van der Waals surface area contributed by atoms with Crippen LogP contribution in [-0.2, 0) is 12.7 Å². The molecule has 0 aliphatic rings. The lowest BCUT2D eigenvalue weighted by molar-refractivity contribution is -0.137. The van der Waals surface area contributed by atoms with Gasteiger partial charge in [-0.1, -0.05) is 22.9 Å². The first-order valence-electron chi connectivity index (χ1n) is 6.22. The zero-order valence-electron chi connectivity index (χ0n) is 10.8. The molecule has 2 N–H and O–H groups in total. The van der Waals surface area contributed by atoms with Crippen LogP contribution in [0.25, 0.3) is 0 Å². The van der Waals surface area contributed by atoms with Crippen molar-refractivity contribution < 1.29 is 13.2 Å². The number of nitrogens with one attached hydrogen (secondary N) is 2. The molecule has 0 amide bonds. The SMILES string of the molecule is CCNCCCNCc1cc(C(F)(F)F)ccc1Br. The fraction of sp³-hybridized carbons (Fsp3) is 0.538. The predicted octanol–water partition coefficient (Wildman–Crippen LogP) is 3.56. The van der Waals surface area contributed by atoms with E-state index < -0.39 is 11.7 Å². The summed E-state index contributed by atoms with van der Waals surface area (Å²) >= 11 is 3.27. The molecule has 19 heavy (non-hydrogen) atoms. The van der Waals surface area contributed by atoms with Crippen LogP contribution in [0.1, 0.15) is 24.5 Å². The van der Waals surface area contributed by atoms with Gasteiger partial charge in [0.1, 0.15) is 0 Å². The second-order valence-electron chi connectivity index (χ2n) is 4.19. The Bertz CT molecular complexity index is 394.